The summed E-state index contributed by atoms with van der Waals surface area (Å²) in [5.41, 5.74) is 1.74. The van der Waals surface area contributed by atoms with Crippen LogP contribution in [0, 0.1) is 5.92 Å². The summed E-state index contributed by atoms with van der Waals surface area (Å²) in [7, 11) is 6.10. The lowest BCUT2D eigenvalue weighted by Crippen LogP contribution is -2.37. The molecule has 2 aliphatic heterocycles. The van der Waals surface area contributed by atoms with E-state index in [-0.39, 0.29) is 5.91 Å². The molecule has 9 nitrogen and oxygen atoms in total. The van der Waals surface area contributed by atoms with E-state index in [9.17, 15) is 9.59 Å². The van der Waals surface area contributed by atoms with Crippen molar-refractivity contribution in [1.29, 1.82) is 0 Å². The minimum absolute atomic E-state index is 0.376. The largest absolute Gasteiger partial charge is 0.497 e. The number of anilines is 2. The molecule has 0 bridgehead atoms. The molecule has 0 saturated carbocycles. The van der Waals surface area contributed by atoms with Gasteiger partial charge in [-0.05, 0) is 36.4 Å². The van der Waals surface area contributed by atoms with Gasteiger partial charge in [-0.15, -0.1) is 0 Å². The number of ether oxygens (including phenoxy) is 4. The first kappa shape index (κ1) is 23.5. The van der Waals surface area contributed by atoms with Gasteiger partial charge in [0.25, 0.3) is 5.91 Å². The molecule has 0 N–H and O–H groups in total. The molecule has 2 saturated heterocycles. The topological polar surface area (TPSA) is 86.8 Å². The highest BCUT2D eigenvalue weighted by Crippen LogP contribution is 2.52. The van der Waals surface area contributed by atoms with Crippen LogP contribution in [0.4, 0.5) is 11.4 Å². The third-order valence-electron chi connectivity index (χ3n) is 6.49. The lowest BCUT2D eigenvalue weighted by Gasteiger charge is -2.30. The molecule has 36 heavy (non-hydrogen) atoms. The molecule has 5 rings (SSSR count). The first-order valence-corrected chi connectivity index (χ1v) is 11.4. The number of methoxy groups -OCH3 is 4. The molecule has 9 heteroatoms. The van der Waals surface area contributed by atoms with Crippen LogP contribution in [-0.4, -0.2) is 46.4 Å². The molecule has 0 aromatic heterocycles. The van der Waals surface area contributed by atoms with Crippen LogP contribution in [0.25, 0.3) is 0 Å². The number of hydrogen-bond acceptors (Lipinski definition) is 8. The maximum absolute atomic E-state index is 13.9. The fraction of sp³-hybridized carbons (Fsp3) is 0.259. The Hall–Kier alpha value is -4.24. The van der Waals surface area contributed by atoms with Crippen molar-refractivity contribution in [3.05, 3.63) is 72.3 Å². The summed E-state index contributed by atoms with van der Waals surface area (Å²) in [6, 6.07) is 19.0. The van der Waals surface area contributed by atoms with Gasteiger partial charge in [0.2, 0.25) is 11.7 Å². The van der Waals surface area contributed by atoms with Crippen molar-refractivity contribution in [3.8, 4) is 23.0 Å². The number of amides is 2. The Labute approximate surface area is 208 Å². The number of hydrogen-bond donors (Lipinski definition) is 0. The van der Waals surface area contributed by atoms with Gasteiger partial charge in [-0.2, -0.15) is 0 Å². The van der Waals surface area contributed by atoms with Crippen molar-refractivity contribution < 1.29 is 33.4 Å². The Morgan fingerprint density at radius 1 is 0.722 bits per heavy atom. The molecule has 0 unspecified atom stereocenters. The number of benzene rings is 3. The van der Waals surface area contributed by atoms with Crippen LogP contribution in [-0.2, 0) is 14.4 Å². The predicted molar refractivity (Wildman–Crippen MR) is 132 cm³/mol. The monoisotopic (exact) mass is 490 g/mol. The number of hydroxylamine groups is 1. The van der Waals surface area contributed by atoms with E-state index in [1.54, 1.807) is 41.5 Å². The van der Waals surface area contributed by atoms with Gasteiger partial charge >= 0.3 is 0 Å². The first-order valence-electron chi connectivity index (χ1n) is 11.4. The molecular formula is C27H26N2O7. The van der Waals surface area contributed by atoms with E-state index in [2.05, 4.69) is 0 Å². The van der Waals surface area contributed by atoms with E-state index >= 15 is 0 Å². The van der Waals surface area contributed by atoms with Gasteiger partial charge in [0.05, 0.1) is 39.8 Å². The molecule has 3 aromatic rings. The number of para-hydroxylation sites is 1. The highest BCUT2D eigenvalue weighted by Gasteiger charge is 2.61. The molecule has 2 fully saturated rings. The highest BCUT2D eigenvalue weighted by atomic mass is 16.7. The van der Waals surface area contributed by atoms with Crippen molar-refractivity contribution in [3.63, 3.8) is 0 Å². The van der Waals surface area contributed by atoms with Crippen LogP contribution >= 0.6 is 0 Å². The van der Waals surface area contributed by atoms with E-state index in [4.69, 9.17) is 23.8 Å². The van der Waals surface area contributed by atoms with Crippen molar-refractivity contribution in [1.82, 2.24) is 0 Å². The summed E-state index contributed by atoms with van der Waals surface area (Å²) in [6.07, 6.45) is -1.02. The Balaban J connectivity index is 1.65. The summed E-state index contributed by atoms with van der Waals surface area (Å²) in [6.45, 7) is 0. The Morgan fingerprint density at radius 3 is 2.11 bits per heavy atom. The van der Waals surface area contributed by atoms with E-state index in [1.165, 1.54) is 33.3 Å². The maximum Gasteiger partial charge on any atom is 0.266 e. The molecule has 3 aromatic carbocycles. The Morgan fingerprint density at radius 2 is 1.44 bits per heavy atom. The molecule has 2 aliphatic rings. The molecular weight excluding hydrogens is 464 g/mol. The summed E-state index contributed by atoms with van der Waals surface area (Å²) in [5, 5.41) is 1.61. The summed E-state index contributed by atoms with van der Waals surface area (Å²) < 4.78 is 22.1. The molecule has 2 amide bonds. The van der Waals surface area contributed by atoms with Crippen molar-refractivity contribution >= 4 is 23.2 Å². The van der Waals surface area contributed by atoms with Gasteiger partial charge in [-0.3, -0.25) is 14.4 Å². The number of nitrogens with zero attached hydrogens (tertiary/aromatic N) is 2. The zero-order valence-electron chi connectivity index (χ0n) is 20.3. The van der Waals surface area contributed by atoms with Gasteiger partial charge in [0.15, 0.2) is 17.6 Å². The van der Waals surface area contributed by atoms with Crippen LogP contribution in [0.5, 0.6) is 23.0 Å². The Bertz CT molecular complexity index is 1300. The molecule has 2 heterocycles. The average molecular weight is 491 g/mol. The summed E-state index contributed by atoms with van der Waals surface area (Å²) >= 11 is 0. The SMILES string of the molecule is COc1cccc(N2C(=O)[C@H]3[C@H](ON(c4ccccc4)[C@H]3c3ccc(OC)c(OC)c3OC)C2=O)c1. The van der Waals surface area contributed by atoms with Crippen molar-refractivity contribution in [2.75, 3.05) is 38.4 Å². The first-order chi connectivity index (χ1) is 17.5. The molecule has 0 radical (unpaired) electrons. The standard InChI is InChI=1S/C27H26N2O7/c1-32-18-12-8-11-17(15-18)28-26(30)21-22(19-13-14-20(33-2)24(35-4)23(19)34-3)29(36-25(21)27(28)31)16-9-6-5-7-10-16/h5-15,21-22,25H,1-4H3/t21-,22+,25+/m1/s1. The van der Waals surface area contributed by atoms with Crippen LogP contribution in [0.1, 0.15) is 11.6 Å². The van der Waals surface area contributed by atoms with Crippen LogP contribution < -0.4 is 28.9 Å². The van der Waals surface area contributed by atoms with Crippen molar-refractivity contribution in [2.45, 2.75) is 12.1 Å². The van der Waals surface area contributed by atoms with E-state index in [0.717, 1.165) is 0 Å². The van der Waals surface area contributed by atoms with E-state index in [0.29, 0.717) is 39.9 Å². The minimum Gasteiger partial charge on any atom is -0.497 e. The lowest BCUT2D eigenvalue weighted by molar-refractivity contribution is -0.126. The molecule has 0 aliphatic carbocycles. The van der Waals surface area contributed by atoms with Crippen LogP contribution in [0.15, 0.2) is 66.7 Å². The molecule has 186 valence electrons. The highest BCUT2D eigenvalue weighted by molar-refractivity contribution is 6.24. The van der Waals surface area contributed by atoms with E-state index in [1.807, 2.05) is 30.3 Å². The second-order valence-electron chi connectivity index (χ2n) is 8.29. The number of rotatable bonds is 7. The average Bonchev–Trinajstić information content (AvgIpc) is 3.43. The number of carbonyl (C=O) groups is 2. The normalized spacial score (nSPS) is 20.9. The summed E-state index contributed by atoms with van der Waals surface area (Å²) in [4.78, 5) is 34.9. The van der Waals surface area contributed by atoms with Gasteiger partial charge < -0.3 is 18.9 Å². The van der Waals surface area contributed by atoms with Gasteiger partial charge in [0, 0.05) is 11.6 Å². The van der Waals surface area contributed by atoms with Gasteiger partial charge in [-0.1, -0.05) is 24.3 Å². The number of carbonyl (C=O) groups excluding carboxylic acids is 2. The minimum atomic E-state index is -1.02. The van der Waals surface area contributed by atoms with Gasteiger partial charge in [-0.25, -0.2) is 9.96 Å². The number of imide groups is 1. The van der Waals surface area contributed by atoms with Gasteiger partial charge in [0.1, 0.15) is 17.7 Å². The molecule has 0 spiro atoms. The second kappa shape index (κ2) is 9.43. The lowest BCUT2D eigenvalue weighted by atomic mass is 9.89. The molecule has 3 atom stereocenters. The fourth-order valence-electron chi connectivity index (χ4n) is 4.89. The zero-order chi connectivity index (χ0) is 25.4. The van der Waals surface area contributed by atoms with Crippen LogP contribution in [0.3, 0.4) is 0 Å². The predicted octanol–water partition coefficient (Wildman–Crippen LogP) is 3.77. The second-order valence-corrected chi connectivity index (χ2v) is 8.29. The smallest absolute Gasteiger partial charge is 0.266 e. The fourth-order valence-corrected chi connectivity index (χ4v) is 4.89. The summed E-state index contributed by atoms with van der Waals surface area (Å²) in [5.74, 6) is 0.139. The van der Waals surface area contributed by atoms with E-state index < -0.39 is 24.0 Å². The number of fused-ring (bicyclic) bond motifs is 1. The third-order valence-corrected chi connectivity index (χ3v) is 6.49. The zero-order valence-corrected chi connectivity index (χ0v) is 20.3. The third kappa shape index (κ3) is 3.59. The Kier molecular flexibility index (Phi) is 6.15. The van der Waals surface area contributed by atoms with Crippen molar-refractivity contribution in [2.24, 2.45) is 5.92 Å². The van der Waals surface area contributed by atoms with Crippen LogP contribution in [0.2, 0.25) is 0 Å². The quantitative estimate of drug-likeness (QED) is 0.463. The maximum atomic E-state index is 13.9.